The van der Waals surface area contributed by atoms with E-state index in [0.29, 0.717) is 16.8 Å². The van der Waals surface area contributed by atoms with E-state index in [-0.39, 0.29) is 11.8 Å². The second-order valence-electron chi connectivity index (χ2n) is 8.43. The first-order valence-electron chi connectivity index (χ1n) is 11.4. The Labute approximate surface area is 210 Å². The molecule has 0 aliphatic rings. The van der Waals surface area contributed by atoms with Gasteiger partial charge in [-0.3, -0.25) is 0 Å². The minimum atomic E-state index is -2.62. The van der Waals surface area contributed by atoms with Crippen LogP contribution >= 0.6 is 0 Å². The predicted octanol–water partition coefficient (Wildman–Crippen LogP) is 5.09. The van der Waals surface area contributed by atoms with Crippen LogP contribution in [0.5, 0.6) is 0 Å². The molecule has 4 aromatic carbocycles. The standard InChI is InChI=1S/C29H24N2O4S/c30-35-29(32)28-26(21-10-4-1-5-11-21)24-18-20(19-36(33)34)16-17-25(24)31(28)27(22-12-6-2-7-13-22)23-14-8-3-9-15-23/h1-18,27,36H,19,30H2. The lowest BCUT2D eigenvalue weighted by Crippen LogP contribution is -2.21. The average Bonchev–Trinajstić information content (AvgIpc) is 3.24. The molecule has 6 nitrogen and oxygen atoms in total. The molecule has 0 spiro atoms. The van der Waals surface area contributed by atoms with Gasteiger partial charge >= 0.3 is 5.97 Å². The van der Waals surface area contributed by atoms with Gasteiger partial charge < -0.3 is 9.40 Å². The zero-order chi connectivity index (χ0) is 25.1. The van der Waals surface area contributed by atoms with Gasteiger partial charge in [0.25, 0.3) is 0 Å². The number of nitrogens with two attached hydrogens (primary N) is 1. The summed E-state index contributed by atoms with van der Waals surface area (Å²) in [4.78, 5) is 18.2. The summed E-state index contributed by atoms with van der Waals surface area (Å²) < 4.78 is 25.0. The van der Waals surface area contributed by atoms with Crippen LogP contribution in [0.15, 0.2) is 109 Å². The van der Waals surface area contributed by atoms with Crippen molar-refractivity contribution in [1.29, 1.82) is 0 Å². The predicted molar refractivity (Wildman–Crippen MR) is 141 cm³/mol. The van der Waals surface area contributed by atoms with Crippen molar-refractivity contribution in [3.63, 3.8) is 0 Å². The molecule has 36 heavy (non-hydrogen) atoms. The monoisotopic (exact) mass is 496 g/mol. The Morgan fingerprint density at radius 2 is 1.36 bits per heavy atom. The number of fused-ring (bicyclic) bond motifs is 1. The highest BCUT2D eigenvalue weighted by Gasteiger charge is 2.30. The van der Waals surface area contributed by atoms with E-state index >= 15 is 0 Å². The highest BCUT2D eigenvalue weighted by Crippen LogP contribution is 2.41. The maximum Gasteiger partial charge on any atom is 0.374 e. The summed E-state index contributed by atoms with van der Waals surface area (Å²) in [5, 5.41) is 0.743. The van der Waals surface area contributed by atoms with Crippen molar-refractivity contribution in [3.05, 3.63) is 132 Å². The van der Waals surface area contributed by atoms with Gasteiger partial charge in [-0.25, -0.2) is 13.2 Å². The molecule has 0 fully saturated rings. The van der Waals surface area contributed by atoms with Crippen molar-refractivity contribution < 1.29 is 18.0 Å². The van der Waals surface area contributed by atoms with Gasteiger partial charge in [-0.15, -0.1) is 0 Å². The van der Waals surface area contributed by atoms with Gasteiger partial charge in [0.1, 0.15) is 16.4 Å². The molecule has 0 saturated heterocycles. The molecule has 2 N–H and O–H groups in total. The van der Waals surface area contributed by atoms with Crippen LogP contribution in [0.4, 0.5) is 0 Å². The fourth-order valence-electron chi connectivity index (χ4n) is 4.79. The molecule has 5 rings (SSSR count). The maximum atomic E-state index is 13.4. The van der Waals surface area contributed by atoms with Gasteiger partial charge in [0.15, 0.2) is 0 Å². The van der Waals surface area contributed by atoms with Crippen LogP contribution in [0, 0.1) is 0 Å². The number of benzene rings is 4. The third kappa shape index (κ3) is 4.42. The maximum absolute atomic E-state index is 13.4. The Morgan fingerprint density at radius 3 is 1.89 bits per heavy atom. The van der Waals surface area contributed by atoms with Crippen molar-refractivity contribution in [2.24, 2.45) is 5.90 Å². The minimum absolute atomic E-state index is 0.0951. The topological polar surface area (TPSA) is 91.4 Å². The molecular formula is C29H24N2O4S. The third-order valence-electron chi connectivity index (χ3n) is 6.23. The molecule has 0 atom stereocenters. The second-order valence-corrected chi connectivity index (χ2v) is 9.41. The number of hydrogen-bond donors (Lipinski definition) is 2. The average molecular weight is 497 g/mol. The summed E-state index contributed by atoms with van der Waals surface area (Å²) in [7, 11) is -2.62. The Kier molecular flexibility index (Phi) is 6.66. The first-order valence-corrected chi connectivity index (χ1v) is 12.8. The molecule has 0 bridgehead atoms. The zero-order valence-corrected chi connectivity index (χ0v) is 20.2. The van der Waals surface area contributed by atoms with Crippen molar-refractivity contribution in [1.82, 2.24) is 4.57 Å². The molecule has 1 heterocycles. The number of thiol groups is 1. The molecular weight excluding hydrogens is 472 g/mol. The lowest BCUT2D eigenvalue weighted by atomic mass is 9.97. The molecule has 0 aliphatic carbocycles. The van der Waals surface area contributed by atoms with Crippen LogP contribution in [-0.4, -0.2) is 19.0 Å². The van der Waals surface area contributed by atoms with E-state index < -0.39 is 16.7 Å². The highest BCUT2D eigenvalue weighted by atomic mass is 32.2. The smallest absolute Gasteiger partial charge is 0.369 e. The Morgan fingerprint density at radius 1 is 0.806 bits per heavy atom. The van der Waals surface area contributed by atoms with Crippen molar-refractivity contribution in [2.45, 2.75) is 11.8 Å². The second kappa shape index (κ2) is 10.2. The Balaban J connectivity index is 1.93. The van der Waals surface area contributed by atoms with Crippen LogP contribution in [0.25, 0.3) is 22.0 Å². The molecule has 0 radical (unpaired) electrons. The van der Waals surface area contributed by atoms with E-state index in [2.05, 4.69) is 0 Å². The van der Waals surface area contributed by atoms with Crippen LogP contribution in [0.2, 0.25) is 0 Å². The van der Waals surface area contributed by atoms with Crippen molar-refractivity contribution in [3.8, 4) is 11.1 Å². The molecule has 7 heteroatoms. The molecule has 0 amide bonds. The lowest BCUT2D eigenvalue weighted by molar-refractivity contribution is 0.0492. The van der Waals surface area contributed by atoms with E-state index in [1.807, 2.05) is 108 Å². The number of hydrogen-bond acceptors (Lipinski definition) is 5. The van der Waals surface area contributed by atoms with Gasteiger partial charge in [0.05, 0.1) is 17.3 Å². The fourth-order valence-corrected chi connectivity index (χ4v) is 5.29. The molecule has 1 aromatic heterocycles. The number of nitrogens with zero attached hydrogens (tertiary/aromatic N) is 1. The Hall–Kier alpha value is -4.20. The molecule has 5 aromatic rings. The molecule has 0 unspecified atom stereocenters. The highest BCUT2D eigenvalue weighted by molar-refractivity contribution is 7.71. The fraction of sp³-hybridized carbons (Fsp3) is 0.0690. The number of carbonyl (C=O) groups excluding carboxylic acids is 1. The van der Waals surface area contributed by atoms with Crippen molar-refractivity contribution >= 4 is 27.6 Å². The summed E-state index contributed by atoms with van der Waals surface area (Å²) in [6, 6.07) is 34.4. The van der Waals surface area contributed by atoms with E-state index in [4.69, 9.17) is 10.7 Å². The minimum Gasteiger partial charge on any atom is -0.369 e. The molecule has 180 valence electrons. The number of carbonyl (C=O) groups is 1. The lowest BCUT2D eigenvalue weighted by Gasteiger charge is -2.24. The van der Waals surface area contributed by atoms with Crippen LogP contribution in [0.3, 0.4) is 0 Å². The summed E-state index contributed by atoms with van der Waals surface area (Å²) in [5.41, 5.74) is 5.07. The van der Waals surface area contributed by atoms with Crippen LogP contribution < -0.4 is 5.90 Å². The van der Waals surface area contributed by atoms with E-state index in [1.165, 1.54) is 0 Å². The number of rotatable bonds is 7. The summed E-state index contributed by atoms with van der Waals surface area (Å²) in [6.07, 6.45) is 0. The summed E-state index contributed by atoms with van der Waals surface area (Å²) in [6.45, 7) is 0. The third-order valence-corrected chi connectivity index (χ3v) is 6.85. The van der Waals surface area contributed by atoms with Crippen molar-refractivity contribution in [2.75, 3.05) is 0 Å². The van der Waals surface area contributed by atoms with Gasteiger partial charge in [0, 0.05) is 10.9 Å². The zero-order valence-electron chi connectivity index (χ0n) is 19.3. The summed E-state index contributed by atoms with van der Waals surface area (Å²) in [5.74, 6) is 4.69. The normalized spacial score (nSPS) is 11.3. The Bertz CT molecular complexity index is 1550. The van der Waals surface area contributed by atoms with Crippen LogP contribution in [-0.2, 0) is 21.3 Å². The van der Waals surface area contributed by atoms with E-state index in [1.54, 1.807) is 6.07 Å². The van der Waals surface area contributed by atoms with Crippen LogP contribution in [0.1, 0.15) is 33.2 Å². The molecule has 0 aliphatic heterocycles. The summed E-state index contributed by atoms with van der Waals surface area (Å²) >= 11 is 0. The van der Waals surface area contributed by atoms with E-state index in [0.717, 1.165) is 27.6 Å². The van der Waals surface area contributed by atoms with Gasteiger partial charge in [-0.1, -0.05) is 97.1 Å². The van der Waals surface area contributed by atoms with Gasteiger partial charge in [0.2, 0.25) is 0 Å². The largest absolute Gasteiger partial charge is 0.374 e. The quantitative estimate of drug-likeness (QED) is 0.242. The SMILES string of the molecule is NOC(=O)c1c(-c2ccccc2)c2cc(C[SH](=O)=O)ccc2n1C(c1ccccc1)c1ccccc1. The number of aromatic nitrogens is 1. The van der Waals surface area contributed by atoms with Gasteiger partial charge in [-0.05, 0) is 34.4 Å². The van der Waals surface area contributed by atoms with Gasteiger partial charge in [-0.2, -0.15) is 5.90 Å². The van der Waals surface area contributed by atoms with E-state index in [9.17, 15) is 13.2 Å². The first-order chi connectivity index (χ1) is 17.6. The molecule has 0 saturated carbocycles. The first kappa shape index (κ1) is 23.5.